The summed E-state index contributed by atoms with van der Waals surface area (Å²) in [5.41, 5.74) is 0.840. The van der Waals surface area contributed by atoms with Crippen LogP contribution >= 0.6 is 11.6 Å². The second kappa shape index (κ2) is 5.88. The van der Waals surface area contributed by atoms with Crippen molar-refractivity contribution in [3.63, 3.8) is 0 Å². The Hall–Kier alpha value is -2.14. The number of benzene rings is 1. The van der Waals surface area contributed by atoms with Crippen LogP contribution in [0, 0.1) is 0 Å². The van der Waals surface area contributed by atoms with Crippen molar-refractivity contribution in [1.82, 2.24) is 9.97 Å². The zero-order valence-electron chi connectivity index (χ0n) is 11.2. The first-order valence-corrected chi connectivity index (χ1v) is 6.37. The first-order valence-electron chi connectivity index (χ1n) is 5.99. The molecule has 0 aliphatic heterocycles. The topological polar surface area (TPSA) is 66.3 Å². The molecule has 1 aromatic carbocycles. The SMILES string of the molecule is CN(C)c1cc(C(=O)O)nc(Cc2ccccc2Cl)n1. The van der Waals surface area contributed by atoms with Gasteiger partial charge in [0.2, 0.25) is 0 Å². The zero-order valence-corrected chi connectivity index (χ0v) is 11.9. The summed E-state index contributed by atoms with van der Waals surface area (Å²) in [4.78, 5) is 21.3. The standard InChI is InChI=1S/C14H14ClN3O2/c1-18(2)13-8-11(14(19)20)16-12(17-13)7-9-5-3-4-6-10(9)15/h3-6,8H,7H2,1-2H3,(H,19,20). The van der Waals surface area contributed by atoms with E-state index in [9.17, 15) is 4.79 Å². The lowest BCUT2D eigenvalue weighted by molar-refractivity contribution is 0.0690. The summed E-state index contributed by atoms with van der Waals surface area (Å²) in [6.45, 7) is 0. The molecule has 2 aromatic rings. The molecule has 0 unspecified atom stereocenters. The monoisotopic (exact) mass is 291 g/mol. The lowest BCUT2D eigenvalue weighted by atomic mass is 10.1. The number of rotatable bonds is 4. The number of nitrogens with zero attached hydrogens (tertiary/aromatic N) is 3. The summed E-state index contributed by atoms with van der Waals surface area (Å²) in [5.74, 6) is -0.0861. The van der Waals surface area contributed by atoms with Crippen molar-refractivity contribution in [2.24, 2.45) is 0 Å². The fourth-order valence-corrected chi connectivity index (χ4v) is 1.92. The summed E-state index contributed by atoms with van der Waals surface area (Å²) in [5, 5.41) is 9.72. The van der Waals surface area contributed by atoms with Gasteiger partial charge in [0.05, 0.1) is 0 Å². The Labute approximate surface area is 121 Å². The van der Waals surface area contributed by atoms with Gasteiger partial charge in [0, 0.05) is 31.6 Å². The van der Waals surface area contributed by atoms with E-state index in [-0.39, 0.29) is 5.69 Å². The summed E-state index contributed by atoms with van der Waals surface area (Å²) >= 11 is 6.10. The minimum atomic E-state index is -1.07. The minimum absolute atomic E-state index is 0.0225. The molecule has 0 aliphatic rings. The molecule has 0 amide bonds. The molecule has 0 atom stereocenters. The van der Waals surface area contributed by atoms with Gasteiger partial charge in [-0.2, -0.15) is 0 Å². The quantitative estimate of drug-likeness (QED) is 0.937. The number of hydrogen-bond donors (Lipinski definition) is 1. The molecule has 2 rings (SSSR count). The fourth-order valence-electron chi connectivity index (χ4n) is 1.71. The van der Waals surface area contributed by atoms with Crippen LogP contribution in [0.1, 0.15) is 21.9 Å². The van der Waals surface area contributed by atoms with Crippen LogP contribution in [0.3, 0.4) is 0 Å². The highest BCUT2D eigenvalue weighted by Gasteiger charge is 2.12. The molecule has 0 bridgehead atoms. The van der Waals surface area contributed by atoms with Crippen LogP contribution in [0.4, 0.5) is 5.82 Å². The number of anilines is 1. The summed E-state index contributed by atoms with van der Waals surface area (Å²) in [7, 11) is 3.60. The third-order valence-corrected chi connectivity index (χ3v) is 3.11. The highest BCUT2D eigenvalue weighted by Crippen LogP contribution is 2.19. The van der Waals surface area contributed by atoms with Crippen molar-refractivity contribution in [2.75, 3.05) is 19.0 Å². The van der Waals surface area contributed by atoms with Crippen molar-refractivity contribution < 1.29 is 9.90 Å². The first-order chi connectivity index (χ1) is 9.47. The summed E-state index contributed by atoms with van der Waals surface area (Å²) < 4.78 is 0. The van der Waals surface area contributed by atoms with Crippen LogP contribution in [0.25, 0.3) is 0 Å². The van der Waals surface area contributed by atoms with Crippen LogP contribution in [-0.4, -0.2) is 35.1 Å². The Balaban J connectivity index is 2.41. The van der Waals surface area contributed by atoms with E-state index in [1.165, 1.54) is 6.07 Å². The molecule has 104 valence electrons. The predicted molar refractivity (Wildman–Crippen MR) is 77.6 cm³/mol. The number of carbonyl (C=O) groups is 1. The number of aromatic carboxylic acids is 1. The Bertz CT molecular complexity index is 644. The Morgan fingerprint density at radius 1 is 1.30 bits per heavy atom. The molecular formula is C14H14ClN3O2. The maximum atomic E-state index is 11.1. The van der Waals surface area contributed by atoms with Crippen LogP contribution < -0.4 is 4.90 Å². The van der Waals surface area contributed by atoms with Crippen LogP contribution in [0.15, 0.2) is 30.3 Å². The molecule has 0 saturated heterocycles. The third kappa shape index (κ3) is 3.24. The molecule has 0 radical (unpaired) electrons. The Morgan fingerprint density at radius 2 is 2.00 bits per heavy atom. The van der Waals surface area contributed by atoms with Gasteiger partial charge in [0.25, 0.3) is 0 Å². The van der Waals surface area contributed by atoms with E-state index in [4.69, 9.17) is 16.7 Å². The van der Waals surface area contributed by atoms with E-state index in [1.54, 1.807) is 25.1 Å². The van der Waals surface area contributed by atoms with Crippen molar-refractivity contribution in [3.8, 4) is 0 Å². The second-order valence-electron chi connectivity index (χ2n) is 4.50. The maximum absolute atomic E-state index is 11.1. The van der Waals surface area contributed by atoms with E-state index < -0.39 is 5.97 Å². The predicted octanol–water partition coefficient (Wildman–Crippen LogP) is 2.49. The van der Waals surface area contributed by atoms with Gasteiger partial charge in [-0.05, 0) is 11.6 Å². The van der Waals surface area contributed by atoms with Gasteiger partial charge in [0.15, 0.2) is 5.69 Å². The second-order valence-corrected chi connectivity index (χ2v) is 4.90. The zero-order chi connectivity index (χ0) is 14.7. The van der Waals surface area contributed by atoms with E-state index in [2.05, 4.69) is 9.97 Å². The first kappa shape index (κ1) is 14.3. The molecule has 5 nitrogen and oxygen atoms in total. The van der Waals surface area contributed by atoms with E-state index in [0.29, 0.717) is 23.1 Å². The molecule has 1 heterocycles. The number of aromatic nitrogens is 2. The summed E-state index contributed by atoms with van der Waals surface area (Å²) in [6.07, 6.45) is 0.391. The highest BCUT2D eigenvalue weighted by atomic mass is 35.5. The van der Waals surface area contributed by atoms with Gasteiger partial charge >= 0.3 is 5.97 Å². The Kier molecular flexibility index (Phi) is 4.20. The Morgan fingerprint density at radius 3 is 2.60 bits per heavy atom. The lowest BCUT2D eigenvalue weighted by Gasteiger charge is -2.13. The van der Waals surface area contributed by atoms with Gasteiger partial charge in [-0.15, -0.1) is 0 Å². The highest BCUT2D eigenvalue weighted by molar-refractivity contribution is 6.31. The summed E-state index contributed by atoms with van der Waals surface area (Å²) in [6, 6.07) is 8.80. The van der Waals surface area contributed by atoms with Crippen LogP contribution in [-0.2, 0) is 6.42 Å². The maximum Gasteiger partial charge on any atom is 0.354 e. The number of carboxylic acids is 1. The van der Waals surface area contributed by atoms with E-state index >= 15 is 0 Å². The van der Waals surface area contributed by atoms with Crippen LogP contribution in [0.5, 0.6) is 0 Å². The average Bonchev–Trinajstić information content (AvgIpc) is 2.41. The largest absolute Gasteiger partial charge is 0.477 e. The van der Waals surface area contributed by atoms with Gasteiger partial charge in [0.1, 0.15) is 11.6 Å². The van der Waals surface area contributed by atoms with Gasteiger partial charge in [-0.1, -0.05) is 29.8 Å². The van der Waals surface area contributed by atoms with Gasteiger partial charge in [-0.3, -0.25) is 0 Å². The van der Waals surface area contributed by atoms with Crippen molar-refractivity contribution in [2.45, 2.75) is 6.42 Å². The van der Waals surface area contributed by atoms with Crippen molar-refractivity contribution in [3.05, 3.63) is 52.4 Å². The number of halogens is 1. The average molecular weight is 292 g/mol. The van der Waals surface area contributed by atoms with Gasteiger partial charge in [-0.25, -0.2) is 14.8 Å². The van der Waals surface area contributed by atoms with E-state index in [0.717, 1.165) is 5.56 Å². The van der Waals surface area contributed by atoms with Crippen LogP contribution in [0.2, 0.25) is 5.02 Å². The smallest absolute Gasteiger partial charge is 0.354 e. The molecule has 0 saturated carbocycles. The van der Waals surface area contributed by atoms with Crippen molar-refractivity contribution >= 4 is 23.4 Å². The molecular weight excluding hydrogens is 278 g/mol. The molecule has 0 spiro atoms. The minimum Gasteiger partial charge on any atom is -0.477 e. The normalized spacial score (nSPS) is 10.3. The molecule has 0 aliphatic carbocycles. The molecule has 0 fully saturated rings. The van der Waals surface area contributed by atoms with E-state index in [1.807, 2.05) is 18.2 Å². The molecule has 1 aromatic heterocycles. The fraction of sp³-hybridized carbons (Fsp3) is 0.214. The molecule has 6 heteroatoms. The lowest BCUT2D eigenvalue weighted by Crippen LogP contribution is -2.15. The number of hydrogen-bond acceptors (Lipinski definition) is 4. The van der Waals surface area contributed by atoms with Crippen molar-refractivity contribution in [1.29, 1.82) is 0 Å². The molecule has 20 heavy (non-hydrogen) atoms. The van der Waals surface area contributed by atoms with Gasteiger partial charge < -0.3 is 10.0 Å². The molecule has 1 N–H and O–H groups in total. The number of carboxylic acid groups (broad SMARTS) is 1. The third-order valence-electron chi connectivity index (χ3n) is 2.74.